The highest BCUT2D eigenvalue weighted by molar-refractivity contribution is 9.10. The molecule has 3 aromatic rings. The van der Waals surface area contributed by atoms with Gasteiger partial charge in [0.05, 0.1) is 17.1 Å². The first-order chi connectivity index (χ1) is 13.0. The van der Waals surface area contributed by atoms with Crippen LogP contribution < -0.4 is 5.32 Å². The second-order valence-corrected chi connectivity index (χ2v) is 7.98. The number of hydrogen-bond acceptors (Lipinski definition) is 4. The van der Waals surface area contributed by atoms with Crippen molar-refractivity contribution in [1.29, 1.82) is 0 Å². The van der Waals surface area contributed by atoms with Gasteiger partial charge in [-0.2, -0.15) is 0 Å². The van der Waals surface area contributed by atoms with Crippen LogP contribution in [0, 0.1) is 5.82 Å². The first kappa shape index (κ1) is 19.9. The molecule has 1 amide bonds. The summed E-state index contributed by atoms with van der Waals surface area (Å²) in [7, 11) is 0. The molecule has 5 nitrogen and oxygen atoms in total. The first-order valence-corrected chi connectivity index (χ1v) is 10.2. The number of thioether (sulfide) groups is 1. The maximum Gasteiger partial charge on any atom is 0.256 e. The number of rotatable bonds is 6. The van der Waals surface area contributed by atoms with E-state index >= 15 is 0 Å². The Morgan fingerprint density at radius 3 is 2.67 bits per heavy atom. The molecular formula is C18H15BrClFN4OS. The number of nitrogens with zero attached hydrogens (tertiary/aromatic N) is 3. The standard InChI is InChI=1S/C18H15BrClFN4OS/c1-2-27-18-24-23-15(25(18)12-8-6-11(19)7-9-12)10-22-17(26)16-13(20)4-3-5-14(16)21/h3-9H,2,10H2,1H3,(H,22,26). The van der Waals surface area contributed by atoms with Gasteiger partial charge in [-0.3, -0.25) is 9.36 Å². The number of carbonyl (C=O) groups is 1. The molecule has 1 heterocycles. The minimum atomic E-state index is -0.670. The molecular weight excluding hydrogens is 455 g/mol. The quantitative estimate of drug-likeness (QED) is 0.524. The van der Waals surface area contributed by atoms with E-state index in [2.05, 4.69) is 31.4 Å². The van der Waals surface area contributed by atoms with Crippen LogP contribution in [-0.2, 0) is 6.54 Å². The lowest BCUT2D eigenvalue weighted by Gasteiger charge is -2.11. The Hall–Kier alpha value is -1.90. The predicted molar refractivity (Wildman–Crippen MR) is 108 cm³/mol. The minimum Gasteiger partial charge on any atom is -0.345 e. The molecule has 0 saturated heterocycles. The van der Waals surface area contributed by atoms with Crippen LogP contribution in [0.15, 0.2) is 52.1 Å². The third kappa shape index (κ3) is 4.51. The highest BCUT2D eigenvalue weighted by Gasteiger charge is 2.18. The van der Waals surface area contributed by atoms with E-state index < -0.39 is 11.7 Å². The molecule has 0 bridgehead atoms. The van der Waals surface area contributed by atoms with Gasteiger partial charge in [0.25, 0.3) is 5.91 Å². The average Bonchev–Trinajstić information content (AvgIpc) is 3.03. The zero-order chi connectivity index (χ0) is 19.4. The Morgan fingerprint density at radius 1 is 1.26 bits per heavy atom. The van der Waals surface area contributed by atoms with Crippen LogP contribution in [0.1, 0.15) is 23.1 Å². The van der Waals surface area contributed by atoms with E-state index in [-0.39, 0.29) is 17.1 Å². The Bertz CT molecular complexity index is 944. The normalized spacial score (nSPS) is 10.8. The Balaban J connectivity index is 1.87. The summed E-state index contributed by atoms with van der Waals surface area (Å²) in [5, 5.41) is 11.8. The smallest absolute Gasteiger partial charge is 0.256 e. The Morgan fingerprint density at radius 2 is 2.00 bits per heavy atom. The number of amides is 1. The van der Waals surface area contributed by atoms with Gasteiger partial charge in [-0.1, -0.05) is 52.3 Å². The molecule has 0 unspecified atom stereocenters. The van der Waals surface area contributed by atoms with Crippen LogP contribution in [0.3, 0.4) is 0 Å². The van der Waals surface area contributed by atoms with E-state index in [1.807, 2.05) is 35.8 Å². The molecule has 0 atom stereocenters. The van der Waals surface area contributed by atoms with Crippen molar-refractivity contribution in [2.45, 2.75) is 18.6 Å². The van der Waals surface area contributed by atoms with E-state index in [1.165, 1.54) is 18.2 Å². The van der Waals surface area contributed by atoms with E-state index in [4.69, 9.17) is 11.6 Å². The third-order valence-electron chi connectivity index (χ3n) is 3.66. The number of carbonyl (C=O) groups excluding carboxylic acids is 1. The SMILES string of the molecule is CCSc1nnc(CNC(=O)c2c(F)cccc2Cl)n1-c1ccc(Br)cc1. The Labute approximate surface area is 173 Å². The summed E-state index contributed by atoms with van der Waals surface area (Å²) in [6, 6.07) is 11.8. The van der Waals surface area contributed by atoms with Crippen LogP contribution in [0.5, 0.6) is 0 Å². The van der Waals surface area contributed by atoms with Gasteiger partial charge >= 0.3 is 0 Å². The summed E-state index contributed by atoms with van der Waals surface area (Å²) in [6.07, 6.45) is 0. The maximum absolute atomic E-state index is 13.9. The Kier molecular flexibility index (Phi) is 6.51. The second-order valence-electron chi connectivity index (χ2n) is 5.42. The van der Waals surface area contributed by atoms with E-state index in [9.17, 15) is 9.18 Å². The van der Waals surface area contributed by atoms with Gasteiger partial charge < -0.3 is 5.32 Å². The van der Waals surface area contributed by atoms with Crippen molar-refractivity contribution in [1.82, 2.24) is 20.1 Å². The van der Waals surface area contributed by atoms with Crippen molar-refractivity contribution in [2.24, 2.45) is 0 Å². The summed E-state index contributed by atoms with van der Waals surface area (Å²) in [5.74, 6) is 0.0881. The van der Waals surface area contributed by atoms with Crippen molar-refractivity contribution >= 4 is 45.2 Å². The zero-order valence-electron chi connectivity index (χ0n) is 14.2. The third-order valence-corrected chi connectivity index (χ3v) is 5.31. The minimum absolute atomic E-state index is 0.0594. The second kappa shape index (κ2) is 8.86. The number of aromatic nitrogens is 3. The summed E-state index contributed by atoms with van der Waals surface area (Å²) >= 11 is 10.9. The van der Waals surface area contributed by atoms with Gasteiger partial charge in [-0.25, -0.2) is 4.39 Å². The monoisotopic (exact) mass is 468 g/mol. The highest BCUT2D eigenvalue weighted by atomic mass is 79.9. The molecule has 0 saturated carbocycles. The van der Waals surface area contributed by atoms with Crippen molar-refractivity contribution < 1.29 is 9.18 Å². The van der Waals surface area contributed by atoms with E-state index in [1.54, 1.807) is 11.8 Å². The lowest BCUT2D eigenvalue weighted by atomic mass is 10.2. The van der Waals surface area contributed by atoms with E-state index in [0.717, 1.165) is 15.9 Å². The number of benzene rings is 2. The van der Waals surface area contributed by atoms with Crippen molar-refractivity contribution in [2.75, 3.05) is 5.75 Å². The molecule has 2 aromatic carbocycles. The summed E-state index contributed by atoms with van der Waals surface area (Å²) in [5.41, 5.74) is 0.685. The molecule has 1 N–H and O–H groups in total. The lowest BCUT2D eigenvalue weighted by molar-refractivity contribution is 0.0946. The molecule has 0 radical (unpaired) electrons. The van der Waals surface area contributed by atoms with Gasteiger partial charge in [0.15, 0.2) is 11.0 Å². The molecule has 0 aliphatic heterocycles. The molecule has 9 heteroatoms. The first-order valence-electron chi connectivity index (χ1n) is 8.06. The van der Waals surface area contributed by atoms with Crippen LogP contribution in [0.2, 0.25) is 5.02 Å². The van der Waals surface area contributed by atoms with Crippen molar-refractivity contribution in [3.63, 3.8) is 0 Å². The molecule has 1 aromatic heterocycles. The van der Waals surface area contributed by atoms with Gasteiger partial charge in [0.1, 0.15) is 5.82 Å². The molecule has 0 fully saturated rings. The molecule has 0 spiro atoms. The lowest BCUT2D eigenvalue weighted by Crippen LogP contribution is -2.26. The number of halogens is 3. The summed E-state index contributed by atoms with van der Waals surface area (Å²) < 4.78 is 16.7. The van der Waals surface area contributed by atoms with Crippen LogP contribution in [0.4, 0.5) is 4.39 Å². The maximum atomic E-state index is 13.9. The van der Waals surface area contributed by atoms with Gasteiger partial charge in [0.2, 0.25) is 0 Å². The average molecular weight is 470 g/mol. The van der Waals surface area contributed by atoms with E-state index in [0.29, 0.717) is 11.0 Å². The molecule has 0 aliphatic rings. The fraction of sp³-hybridized carbons (Fsp3) is 0.167. The predicted octanol–water partition coefficient (Wildman–Crippen LogP) is 4.86. The molecule has 0 aliphatic carbocycles. The van der Waals surface area contributed by atoms with Gasteiger partial charge in [0, 0.05) is 10.2 Å². The number of hydrogen-bond donors (Lipinski definition) is 1. The largest absolute Gasteiger partial charge is 0.345 e. The van der Waals surface area contributed by atoms with Crippen LogP contribution in [0.25, 0.3) is 5.69 Å². The topological polar surface area (TPSA) is 59.8 Å². The summed E-state index contributed by atoms with van der Waals surface area (Å²) in [4.78, 5) is 12.4. The molecule has 3 rings (SSSR count). The van der Waals surface area contributed by atoms with Crippen LogP contribution >= 0.6 is 39.3 Å². The number of nitrogens with one attached hydrogen (secondary N) is 1. The highest BCUT2D eigenvalue weighted by Crippen LogP contribution is 2.24. The van der Waals surface area contributed by atoms with Crippen molar-refractivity contribution in [3.8, 4) is 5.69 Å². The summed E-state index contributed by atoms with van der Waals surface area (Å²) in [6.45, 7) is 2.10. The van der Waals surface area contributed by atoms with Gasteiger partial charge in [-0.05, 0) is 42.2 Å². The van der Waals surface area contributed by atoms with Crippen molar-refractivity contribution in [3.05, 3.63) is 69.2 Å². The van der Waals surface area contributed by atoms with Crippen LogP contribution in [-0.4, -0.2) is 26.4 Å². The molecule has 27 heavy (non-hydrogen) atoms. The fourth-order valence-electron chi connectivity index (χ4n) is 2.45. The van der Waals surface area contributed by atoms with Gasteiger partial charge in [-0.15, -0.1) is 10.2 Å². The fourth-order valence-corrected chi connectivity index (χ4v) is 3.66. The zero-order valence-corrected chi connectivity index (χ0v) is 17.4. The molecule has 140 valence electrons.